The van der Waals surface area contributed by atoms with E-state index in [0.717, 1.165) is 33.4 Å². The summed E-state index contributed by atoms with van der Waals surface area (Å²) < 4.78 is 7.17. The molecule has 0 aliphatic heterocycles. The van der Waals surface area contributed by atoms with Crippen LogP contribution in [0.15, 0.2) is 78.1 Å². The topological polar surface area (TPSA) is 59.9 Å². The molecule has 0 bridgehead atoms. The van der Waals surface area contributed by atoms with E-state index in [2.05, 4.69) is 16.0 Å². The predicted molar refractivity (Wildman–Crippen MR) is 103 cm³/mol. The molecule has 0 aliphatic carbocycles. The van der Waals surface area contributed by atoms with Gasteiger partial charge in [-0.25, -0.2) is 4.98 Å². The van der Waals surface area contributed by atoms with Crippen LogP contribution in [0.2, 0.25) is 0 Å². The molecule has 2 aromatic carbocycles. The van der Waals surface area contributed by atoms with E-state index in [1.807, 2.05) is 59.4 Å². The second-order valence-corrected chi connectivity index (χ2v) is 5.91. The molecule has 4 rings (SSSR count). The number of H-pyrrole nitrogens is 1. The molecule has 4 aromatic rings. The van der Waals surface area contributed by atoms with Crippen LogP contribution in [0.4, 0.5) is 0 Å². The van der Waals surface area contributed by atoms with E-state index in [1.165, 1.54) is 0 Å². The molecule has 1 N–H and O–H groups in total. The Balaban J connectivity index is 1.87. The molecule has 0 atom stereocenters. The fraction of sp³-hybridized carbons (Fsp3) is 0.0476. The highest BCUT2D eigenvalue weighted by Gasteiger charge is 2.08. The van der Waals surface area contributed by atoms with Crippen LogP contribution >= 0.6 is 0 Å². The summed E-state index contributed by atoms with van der Waals surface area (Å²) in [6.45, 7) is 0. The van der Waals surface area contributed by atoms with Gasteiger partial charge in [-0.2, -0.15) is 0 Å². The zero-order valence-electron chi connectivity index (χ0n) is 14.2. The van der Waals surface area contributed by atoms with Crippen molar-refractivity contribution in [3.05, 3.63) is 94.8 Å². The molecular formula is C21H17N3O2. The molecule has 5 heteroatoms. The minimum Gasteiger partial charge on any atom is -0.497 e. The molecule has 0 saturated carbocycles. The minimum atomic E-state index is -0.102. The summed E-state index contributed by atoms with van der Waals surface area (Å²) in [5.74, 6) is 0.812. The Labute approximate surface area is 150 Å². The highest BCUT2D eigenvalue weighted by atomic mass is 16.5. The molecule has 0 saturated heterocycles. The van der Waals surface area contributed by atoms with Crippen LogP contribution in [0.3, 0.4) is 0 Å². The average Bonchev–Trinajstić information content (AvgIpc) is 3.19. The van der Waals surface area contributed by atoms with Gasteiger partial charge in [0, 0.05) is 35.7 Å². The fourth-order valence-electron chi connectivity index (χ4n) is 2.90. The summed E-state index contributed by atoms with van der Waals surface area (Å²) in [4.78, 5) is 18.5. The van der Waals surface area contributed by atoms with Crippen molar-refractivity contribution in [2.24, 2.45) is 0 Å². The van der Waals surface area contributed by atoms with Gasteiger partial charge in [-0.05, 0) is 46.8 Å². The van der Waals surface area contributed by atoms with E-state index in [4.69, 9.17) is 4.74 Å². The van der Waals surface area contributed by atoms with Gasteiger partial charge in [0.2, 0.25) is 5.56 Å². The average molecular weight is 343 g/mol. The Kier molecular flexibility index (Phi) is 4.11. The van der Waals surface area contributed by atoms with Crippen LogP contribution in [0.1, 0.15) is 11.1 Å². The Morgan fingerprint density at radius 3 is 2.62 bits per heavy atom. The van der Waals surface area contributed by atoms with E-state index in [0.29, 0.717) is 0 Å². The summed E-state index contributed by atoms with van der Waals surface area (Å²) in [5.41, 5.74) is 3.86. The molecule has 2 heterocycles. The Morgan fingerprint density at radius 1 is 1.08 bits per heavy atom. The van der Waals surface area contributed by atoms with Gasteiger partial charge < -0.3 is 14.3 Å². The van der Waals surface area contributed by atoms with Crippen molar-refractivity contribution in [3.8, 4) is 5.75 Å². The lowest BCUT2D eigenvalue weighted by molar-refractivity contribution is 0.415. The number of fused-ring (bicyclic) bond motifs is 1. The Hall–Kier alpha value is -3.60. The van der Waals surface area contributed by atoms with Crippen molar-refractivity contribution >= 4 is 22.7 Å². The third-order valence-corrected chi connectivity index (χ3v) is 4.24. The summed E-state index contributed by atoms with van der Waals surface area (Å²) in [6.07, 6.45) is 7.42. The number of rotatable bonds is 4. The van der Waals surface area contributed by atoms with Crippen LogP contribution in [0.5, 0.6) is 5.75 Å². The van der Waals surface area contributed by atoms with Gasteiger partial charge >= 0.3 is 0 Å². The molecule has 128 valence electrons. The first-order chi connectivity index (χ1) is 12.7. The molecule has 0 unspecified atom stereocenters. The number of nitrogens with one attached hydrogen (secondary N) is 1. The SMILES string of the molecule is COc1ccc(/C(=C\n2ccnc2)c2ccc3[nH]c(=O)ccc3c2)cc1. The number of hydrogen-bond acceptors (Lipinski definition) is 3. The lowest BCUT2D eigenvalue weighted by atomic mass is 9.97. The number of aromatic nitrogens is 3. The maximum Gasteiger partial charge on any atom is 0.248 e. The van der Waals surface area contributed by atoms with Gasteiger partial charge in [-0.1, -0.05) is 18.2 Å². The molecule has 0 radical (unpaired) electrons. The number of benzene rings is 2. The number of methoxy groups -OCH3 is 1. The number of imidazole rings is 1. The van der Waals surface area contributed by atoms with E-state index in [1.54, 1.807) is 25.7 Å². The molecule has 0 aliphatic rings. The summed E-state index contributed by atoms with van der Waals surface area (Å²) in [5, 5.41) is 0.979. The van der Waals surface area contributed by atoms with Crippen LogP contribution < -0.4 is 10.3 Å². The second kappa shape index (κ2) is 6.72. The maximum absolute atomic E-state index is 11.5. The van der Waals surface area contributed by atoms with Crippen LogP contribution in [-0.4, -0.2) is 21.6 Å². The van der Waals surface area contributed by atoms with Crippen molar-refractivity contribution in [3.63, 3.8) is 0 Å². The largest absolute Gasteiger partial charge is 0.497 e. The van der Waals surface area contributed by atoms with Crippen LogP contribution in [-0.2, 0) is 0 Å². The van der Waals surface area contributed by atoms with E-state index in [-0.39, 0.29) is 5.56 Å². The number of aromatic amines is 1. The second-order valence-electron chi connectivity index (χ2n) is 5.91. The number of ether oxygens (including phenoxy) is 1. The zero-order chi connectivity index (χ0) is 17.9. The Bertz CT molecular complexity index is 1120. The summed E-state index contributed by atoms with van der Waals surface area (Å²) in [7, 11) is 1.65. The molecule has 0 amide bonds. The highest BCUT2D eigenvalue weighted by Crippen LogP contribution is 2.28. The minimum absolute atomic E-state index is 0.102. The predicted octanol–water partition coefficient (Wildman–Crippen LogP) is 3.78. The zero-order valence-corrected chi connectivity index (χ0v) is 14.2. The van der Waals surface area contributed by atoms with Gasteiger partial charge in [0.1, 0.15) is 5.75 Å². The van der Waals surface area contributed by atoms with E-state index in [9.17, 15) is 4.79 Å². The third-order valence-electron chi connectivity index (χ3n) is 4.24. The van der Waals surface area contributed by atoms with Gasteiger partial charge in [-0.15, -0.1) is 0 Å². The first-order valence-electron chi connectivity index (χ1n) is 8.20. The molecule has 5 nitrogen and oxygen atoms in total. The van der Waals surface area contributed by atoms with Gasteiger partial charge in [0.25, 0.3) is 0 Å². The van der Waals surface area contributed by atoms with Crippen LogP contribution in [0, 0.1) is 0 Å². The molecule has 0 fully saturated rings. The number of pyridine rings is 1. The van der Waals surface area contributed by atoms with Gasteiger partial charge in [0.05, 0.1) is 13.4 Å². The molecule has 0 spiro atoms. The third kappa shape index (κ3) is 3.15. The lowest BCUT2D eigenvalue weighted by Crippen LogP contribution is -2.02. The Morgan fingerprint density at radius 2 is 1.88 bits per heavy atom. The maximum atomic E-state index is 11.5. The molecule has 2 aromatic heterocycles. The number of hydrogen-bond donors (Lipinski definition) is 1. The van der Waals surface area contributed by atoms with Crippen molar-refractivity contribution in [2.75, 3.05) is 7.11 Å². The van der Waals surface area contributed by atoms with Gasteiger partial charge in [0.15, 0.2) is 0 Å². The highest BCUT2D eigenvalue weighted by molar-refractivity contribution is 5.91. The van der Waals surface area contributed by atoms with Gasteiger partial charge in [-0.3, -0.25) is 4.79 Å². The molecule has 26 heavy (non-hydrogen) atoms. The van der Waals surface area contributed by atoms with Crippen molar-refractivity contribution in [1.82, 2.24) is 14.5 Å². The van der Waals surface area contributed by atoms with Crippen molar-refractivity contribution < 1.29 is 4.74 Å². The monoisotopic (exact) mass is 343 g/mol. The van der Waals surface area contributed by atoms with E-state index >= 15 is 0 Å². The number of nitrogens with zero attached hydrogens (tertiary/aromatic N) is 2. The summed E-state index contributed by atoms with van der Waals surface area (Å²) in [6, 6.07) is 17.3. The fourth-order valence-corrected chi connectivity index (χ4v) is 2.90. The van der Waals surface area contributed by atoms with Crippen molar-refractivity contribution in [2.45, 2.75) is 0 Å². The quantitative estimate of drug-likeness (QED) is 0.613. The lowest BCUT2D eigenvalue weighted by Gasteiger charge is -2.11. The normalized spacial score (nSPS) is 11.7. The van der Waals surface area contributed by atoms with Crippen LogP contribution in [0.25, 0.3) is 22.7 Å². The van der Waals surface area contributed by atoms with Crippen molar-refractivity contribution in [1.29, 1.82) is 0 Å². The van der Waals surface area contributed by atoms with E-state index < -0.39 is 0 Å². The first kappa shape index (κ1) is 15.9. The smallest absolute Gasteiger partial charge is 0.248 e. The standard InChI is InChI=1S/C21H17N3O2/c1-26-18-6-2-15(3-7-18)19(13-24-11-10-22-14-24)16-4-8-20-17(12-16)5-9-21(25)23-20/h2-14H,1H3,(H,23,25)/b19-13+. The molecular weight excluding hydrogens is 326 g/mol. The first-order valence-corrected chi connectivity index (χ1v) is 8.20. The summed E-state index contributed by atoms with van der Waals surface area (Å²) >= 11 is 0.